The molecule has 0 spiro atoms. The molecule has 1 heterocycles. The van der Waals surface area contributed by atoms with E-state index in [2.05, 4.69) is 5.32 Å². The van der Waals surface area contributed by atoms with Crippen LogP contribution in [0.25, 0.3) is 0 Å². The maximum Gasteiger partial charge on any atom is 0.243 e. The van der Waals surface area contributed by atoms with E-state index in [4.69, 9.17) is 4.74 Å². The summed E-state index contributed by atoms with van der Waals surface area (Å²) in [5.41, 5.74) is 1.15. The zero-order valence-corrected chi connectivity index (χ0v) is 19.8. The number of thioether (sulfide) groups is 1. The van der Waals surface area contributed by atoms with Crippen molar-refractivity contribution in [2.75, 3.05) is 55.4 Å². The highest BCUT2D eigenvalue weighted by atomic mass is 32.2. The Labute approximate surface area is 193 Å². The third-order valence-electron chi connectivity index (χ3n) is 5.15. The van der Waals surface area contributed by atoms with Gasteiger partial charge >= 0.3 is 0 Å². The van der Waals surface area contributed by atoms with E-state index >= 15 is 0 Å². The average molecular weight is 482 g/mol. The molecule has 1 saturated heterocycles. The minimum Gasteiger partial charge on any atom is -0.379 e. The number of rotatable bonds is 9. The number of hydrogen-bond donors (Lipinski definition) is 1. The molecule has 174 valence electrons. The van der Waals surface area contributed by atoms with Crippen molar-refractivity contribution in [2.45, 2.75) is 23.6 Å². The lowest BCUT2D eigenvalue weighted by atomic mass is 10.2. The Balaban J connectivity index is 1.84. The molecule has 0 bridgehead atoms. The highest BCUT2D eigenvalue weighted by Crippen LogP contribution is 2.31. The summed E-state index contributed by atoms with van der Waals surface area (Å²) in [6.45, 7) is 6.66. The summed E-state index contributed by atoms with van der Waals surface area (Å²) < 4.78 is 46.7. The summed E-state index contributed by atoms with van der Waals surface area (Å²) in [7, 11) is -3.71. The van der Waals surface area contributed by atoms with E-state index in [9.17, 15) is 17.6 Å². The molecule has 1 fully saturated rings. The summed E-state index contributed by atoms with van der Waals surface area (Å²) in [5.74, 6) is -0.723. The maximum absolute atomic E-state index is 13.8. The largest absolute Gasteiger partial charge is 0.379 e. The standard InChI is InChI=1S/C22H28FN3O4S2/c1-3-25(4-2)20-10-9-17(32(28,29)26-11-13-30-14-12-26)15-19(20)24-22(27)16-31-21-8-6-5-7-18(21)23/h5-10,15H,3-4,11-14,16H2,1-2H3,(H,24,27). The molecular weight excluding hydrogens is 453 g/mol. The molecule has 10 heteroatoms. The fourth-order valence-electron chi connectivity index (χ4n) is 3.44. The van der Waals surface area contributed by atoms with Crippen LogP contribution in [-0.4, -0.2) is 63.8 Å². The summed E-state index contributed by atoms with van der Waals surface area (Å²) in [6, 6.07) is 11.1. The molecule has 0 unspecified atom stereocenters. The smallest absolute Gasteiger partial charge is 0.243 e. The Morgan fingerprint density at radius 2 is 1.84 bits per heavy atom. The maximum atomic E-state index is 13.8. The molecule has 2 aromatic carbocycles. The number of morpholine rings is 1. The van der Waals surface area contributed by atoms with Gasteiger partial charge in [0.1, 0.15) is 5.82 Å². The topological polar surface area (TPSA) is 79.0 Å². The van der Waals surface area contributed by atoms with Gasteiger partial charge in [-0.3, -0.25) is 4.79 Å². The molecule has 1 N–H and O–H groups in total. The second-order valence-electron chi connectivity index (χ2n) is 7.13. The van der Waals surface area contributed by atoms with Crippen LogP contribution in [0.2, 0.25) is 0 Å². The molecule has 3 rings (SSSR count). The van der Waals surface area contributed by atoms with E-state index in [0.717, 1.165) is 17.4 Å². The number of carbonyl (C=O) groups excluding carboxylic acids is 1. The van der Waals surface area contributed by atoms with Crippen LogP contribution < -0.4 is 10.2 Å². The molecule has 32 heavy (non-hydrogen) atoms. The molecular formula is C22H28FN3O4S2. The lowest BCUT2D eigenvalue weighted by Gasteiger charge is -2.28. The quantitative estimate of drug-likeness (QED) is 0.553. The lowest BCUT2D eigenvalue weighted by molar-refractivity contribution is -0.113. The number of halogens is 1. The van der Waals surface area contributed by atoms with E-state index in [1.54, 1.807) is 30.3 Å². The van der Waals surface area contributed by atoms with E-state index < -0.39 is 10.0 Å². The first kappa shape index (κ1) is 24.5. The lowest BCUT2D eigenvalue weighted by Crippen LogP contribution is -2.40. The second kappa shape index (κ2) is 11.1. The Morgan fingerprint density at radius 1 is 1.16 bits per heavy atom. The summed E-state index contributed by atoms with van der Waals surface area (Å²) in [5, 5.41) is 2.83. The Hall–Kier alpha value is -2.14. The van der Waals surface area contributed by atoms with Crippen molar-refractivity contribution in [3.8, 4) is 0 Å². The fraction of sp³-hybridized carbons (Fsp3) is 0.409. The number of nitrogens with zero attached hydrogens (tertiary/aromatic N) is 2. The van der Waals surface area contributed by atoms with Gasteiger partial charge < -0.3 is 15.0 Å². The predicted molar refractivity (Wildman–Crippen MR) is 125 cm³/mol. The number of benzene rings is 2. The number of sulfonamides is 1. The van der Waals surface area contributed by atoms with Crippen molar-refractivity contribution in [2.24, 2.45) is 0 Å². The van der Waals surface area contributed by atoms with Crippen LogP contribution in [0.15, 0.2) is 52.3 Å². The number of hydrogen-bond acceptors (Lipinski definition) is 6. The Bertz CT molecular complexity index is 1040. The van der Waals surface area contributed by atoms with Crippen LogP contribution in [0.1, 0.15) is 13.8 Å². The number of nitrogens with one attached hydrogen (secondary N) is 1. The minimum absolute atomic E-state index is 0.000928. The monoisotopic (exact) mass is 481 g/mol. The molecule has 2 aromatic rings. The molecule has 0 aliphatic carbocycles. The molecule has 0 aromatic heterocycles. The highest BCUT2D eigenvalue weighted by molar-refractivity contribution is 8.00. The van der Waals surface area contributed by atoms with Crippen molar-refractivity contribution in [1.82, 2.24) is 4.31 Å². The molecule has 1 aliphatic heterocycles. The van der Waals surface area contributed by atoms with E-state index in [1.165, 1.54) is 16.4 Å². The zero-order chi connectivity index (χ0) is 23.1. The van der Waals surface area contributed by atoms with Gasteiger partial charge in [0, 0.05) is 31.1 Å². The van der Waals surface area contributed by atoms with Crippen LogP contribution >= 0.6 is 11.8 Å². The van der Waals surface area contributed by atoms with Crippen LogP contribution in [0.3, 0.4) is 0 Å². The second-order valence-corrected chi connectivity index (χ2v) is 10.1. The Kier molecular flexibility index (Phi) is 8.52. The average Bonchev–Trinajstić information content (AvgIpc) is 2.80. The van der Waals surface area contributed by atoms with E-state index in [0.29, 0.717) is 50.0 Å². The molecule has 0 atom stereocenters. The van der Waals surface area contributed by atoms with Gasteiger partial charge in [0.25, 0.3) is 0 Å². The van der Waals surface area contributed by atoms with Crippen molar-refractivity contribution in [1.29, 1.82) is 0 Å². The van der Waals surface area contributed by atoms with Crippen LogP contribution in [0.4, 0.5) is 15.8 Å². The van der Waals surface area contributed by atoms with Gasteiger partial charge in [-0.05, 0) is 44.2 Å². The van der Waals surface area contributed by atoms with Gasteiger partial charge in [-0.25, -0.2) is 12.8 Å². The first-order valence-corrected chi connectivity index (χ1v) is 12.9. The van der Waals surface area contributed by atoms with Crippen molar-refractivity contribution < 1.29 is 22.3 Å². The molecule has 0 radical (unpaired) electrons. The van der Waals surface area contributed by atoms with E-state index in [-0.39, 0.29) is 22.4 Å². The zero-order valence-electron chi connectivity index (χ0n) is 18.2. The molecule has 0 saturated carbocycles. The number of carbonyl (C=O) groups is 1. The molecule has 1 aliphatic rings. The first-order valence-electron chi connectivity index (χ1n) is 10.5. The van der Waals surface area contributed by atoms with Crippen molar-refractivity contribution >= 4 is 39.1 Å². The van der Waals surface area contributed by atoms with Crippen LogP contribution in [-0.2, 0) is 19.6 Å². The first-order chi connectivity index (χ1) is 15.4. The molecule has 1 amide bonds. The number of amides is 1. The number of ether oxygens (including phenoxy) is 1. The highest BCUT2D eigenvalue weighted by Gasteiger charge is 2.27. The van der Waals surface area contributed by atoms with Gasteiger partial charge in [-0.2, -0.15) is 4.31 Å². The Morgan fingerprint density at radius 3 is 2.50 bits per heavy atom. The third kappa shape index (κ3) is 5.80. The van der Waals surface area contributed by atoms with Gasteiger partial charge in [0.2, 0.25) is 15.9 Å². The van der Waals surface area contributed by atoms with Crippen LogP contribution in [0.5, 0.6) is 0 Å². The van der Waals surface area contributed by atoms with Gasteiger partial charge in [0.05, 0.1) is 35.2 Å². The summed E-state index contributed by atoms with van der Waals surface area (Å²) >= 11 is 1.09. The summed E-state index contributed by atoms with van der Waals surface area (Å²) in [4.78, 5) is 15.2. The normalized spacial score (nSPS) is 14.8. The summed E-state index contributed by atoms with van der Waals surface area (Å²) in [6.07, 6.45) is 0. The predicted octanol–water partition coefficient (Wildman–Crippen LogP) is 3.42. The van der Waals surface area contributed by atoms with Crippen molar-refractivity contribution in [3.63, 3.8) is 0 Å². The third-order valence-corrected chi connectivity index (χ3v) is 8.09. The fourth-order valence-corrected chi connectivity index (χ4v) is 5.62. The number of anilines is 2. The van der Waals surface area contributed by atoms with Gasteiger partial charge in [0.15, 0.2) is 0 Å². The molecule has 7 nitrogen and oxygen atoms in total. The SMILES string of the molecule is CCN(CC)c1ccc(S(=O)(=O)N2CCOCC2)cc1NC(=O)CSc1ccccc1F. The van der Waals surface area contributed by atoms with Crippen LogP contribution in [0, 0.1) is 5.82 Å². The van der Waals surface area contributed by atoms with E-state index in [1.807, 2.05) is 18.7 Å². The minimum atomic E-state index is -3.71. The van der Waals surface area contributed by atoms with Gasteiger partial charge in [-0.15, -0.1) is 11.8 Å². The van der Waals surface area contributed by atoms with Crippen molar-refractivity contribution in [3.05, 3.63) is 48.3 Å². The van der Waals surface area contributed by atoms with Gasteiger partial charge in [-0.1, -0.05) is 12.1 Å².